The summed E-state index contributed by atoms with van der Waals surface area (Å²) < 4.78 is 0. The molecular weight excluding hydrogens is 164 g/mol. The van der Waals surface area contributed by atoms with Gasteiger partial charge in [-0.3, -0.25) is 0 Å². The van der Waals surface area contributed by atoms with Gasteiger partial charge in [0.05, 0.1) is 6.61 Å². The van der Waals surface area contributed by atoms with Crippen LogP contribution in [0.4, 0.5) is 0 Å². The van der Waals surface area contributed by atoms with Crippen LogP contribution in [0.2, 0.25) is 0 Å². The lowest BCUT2D eigenvalue weighted by Crippen LogP contribution is -2.43. The minimum absolute atomic E-state index is 0.226. The maximum absolute atomic E-state index is 9.13. The summed E-state index contributed by atoms with van der Waals surface area (Å²) in [4.78, 5) is 0. The zero-order valence-corrected chi connectivity index (χ0v) is 8.66. The molecule has 3 nitrogen and oxygen atoms in total. The van der Waals surface area contributed by atoms with Crippen molar-refractivity contribution in [3.63, 3.8) is 0 Å². The Hall–Kier alpha value is -0.120. The van der Waals surface area contributed by atoms with Gasteiger partial charge in [0.2, 0.25) is 0 Å². The van der Waals surface area contributed by atoms with Gasteiger partial charge >= 0.3 is 0 Å². The molecule has 0 aromatic carbocycles. The zero-order chi connectivity index (χ0) is 9.84. The monoisotopic (exact) mass is 186 g/mol. The topological polar surface area (TPSA) is 58.3 Å². The van der Waals surface area contributed by atoms with Gasteiger partial charge in [-0.05, 0) is 25.2 Å². The van der Waals surface area contributed by atoms with Crippen molar-refractivity contribution in [2.45, 2.75) is 51.2 Å². The van der Waals surface area contributed by atoms with Crippen molar-refractivity contribution in [1.29, 1.82) is 0 Å². The molecule has 0 aliphatic heterocycles. The molecule has 0 bridgehead atoms. The number of aliphatic hydroxyl groups excluding tert-OH is 1. The number of hydrogen-bond donors (Lipinski definition) is 3. The van der Waals surface area contributed by atoms with Gasteiger partial charge in [0.1, 0.15) is 0 Å². The van der Waals surface area contributed by atoms with Gasteiger partial charge in [0.15, 0.2) is 0 Å². The quantitative estimate of drug-likeness (QED) is 0.598. The predicted molar refractivity (Wildman–Crippen MR) is 54.5 cm³/mol. The van der Waals surface area contributed by atoms with Gasteiger partial charge in [-0.1, -0.05) is 13.8 Å². The van der Waals surface area contributed by atoms with E-state index >= 15 is 0 Å². The molecule has 3 heteroatoms. The Kier molecular flexibility index (Phi) is 4.16. The average molecular weight is 186 g/mol. The van der Waals surface area contributed by atoms with Crippen LogP contribution in [0.3, 0.4) is 0 Å². The molecule has 0 radical (unpaired) electrons. The fourth-order valence-electron chi connectivity index (χ4n) is 1.93. The summed E-state index contributed by atoms with van der Waals surface area (Å²) in [5.41, 5.74) is 5.82. The Bertz CT molecular complexity index is 150. The maximum atomic E-state index is 9.13. The van der Waals surface area contributed by atoms with Crippen LogP contribution in [0.1, 0.15) is 33.1 Å². The van der Waals surface area contributed by atoms with Crippen molar-refractivity contribution >= 4 is 0 Å². The normalized spacial score (nSPS) is 31.2. The molecule has 1 rings (SSSR count). The number of nitrogens with two attached hydrogens (primary N) is 1. The smallest absolute Gasteiger partial charge is 0.0587 e. The molecule has 0 aromatic heterocycles. The van der Waals surface area contributed by atoms with E-state index in [0.717, 1.165) is 19.3 Å². The van der Waals surface area contributed by atoms with Crippen molar-refractivity contribution in [1.82, 2.24) is 5.32 Å². The van der Waals surface area contributed by atoms with Crippen LogP contribution in [-0.4, -0.2) is 29.8 Å². The van der Waals surface area contributed by atoms with E-state index in [1.54, 1.807) is 0 Å². The Morgan fingerprint density at radius 2 is 2.15 bits per heavy atom. The van der Waals surface area contributed by atoms with Crippen LogP contribution >= 0.6 is 0 Å². The molecule has 3 atom stereocenters. The van der Waals surface area contributed by atoms with Crippen molar-refractivity contribution in [3.8, 4) is 0 Å². The molecule has 0 heterocycles. The third kappa shape index (κ3) is 3.25. The third-order valence-electron chi connectivity index (χ3n) is 2.92. The number of nitrogens with one attached hydrogen (secondary N) is 1. The lowest BCUT2D eigenvalue weighted by atomic mass is 10.0. The summed E-state index contributed by atoms with van der Waals surface area (Å²) in [6, 6.07) is 1.12. The summed E-state index contributed by atoms with van der Waals surface area (Å²) >= 11 is 0. The molecule has 0 spiro atoms. The third-order valence-corrected chi connectivity index (χ3v) is 2.92. The molecular formula is C10H22N2O. The van der Waals surface area contributed by atoms with Gasteiger partial charge < -0.3 is 16.2 Å². The second-order valence-electron chi connectivity index (χ2n) is 4.47. The van der Waals surface area contributed by atoms with Gasteiger partial charge in [0, 0.05) is 18.1 Å². The Labute approximate surface area is 80.7 Å². The molecule has 1 aliphatic rings. The second-order valence-corrected chi connectivity index (χ2v) is 4.47. The van der Waals surface area contributed by atoms with E-state index in [4.69, 9.17) is 10.8 Å². The molecule has 1 fully saturated rings. The van der Waals surface area contributed by atoms with E-state index in [1.165, 1.54) is 0 Å². The first-order valence-corrected chi connectivity index (χ1v) is 5.26. The van der Waals surface area contributed by atoms with Gasteiger partial charge in [-0.15, -0.1) is 0 Å². The van der Waals surface area contributed by atoms with Crippen molar-refractivity contribution < 1.29 is 5.11 Å². The fourth-order valence-corrected chi connectivity index (χ4v) is 1.93. The molecule has 1 aliphatic carbocycles. The Balaban J connectivity index is 2.30. The van der Waals surface area contributed by atoms with E-state index in [1.807, 2.05) is 0 Å². The van der Waals surface area contributed by atoms with E-state index in [2.05, 4.69) is 19.2 Å². The van der Waals surface area contributed by atoms with Crippen LogP contribution < -0.4 is 11.1 Å². The second kappa shape index (κ2) is 4.94. The first kappa shape index (κ1) is 11.0. The van der Waals surface area contributed by atoms with Crippen LogP contribution in [0.15, 0.2) is 0 Å². The van der Waals surface area contributed by atoms with E-state index in [0.29, 0.717) is 18.0 Å². The van der Waals surface area contributed by atoms with Gasteiger partial charge in [-0.2, -0.15) is 0 Å². The summed E-state index contributed by atoms with van der Waals surface area (Å²) in [6.07, 6.45) is 3.33. The Morgan fingerprint density at radius 3 is 2.54 bits per heavy atom. The highest BCUT2D eigenvalue weighted by molar-refractivity contribution is 4.85. The molecule has 0 saturated heterocycles. The van der Waals surface area contributed by atoms with Crippen LogP contribution in [0.25, 0.3) is 0 Å². The molecule has 13 heavy (non-hydrogen) atoms. The minimum atomic E-state index is 0.226. The molecule has 0 amide bonds. The van der Waals surface area contributed by atoms with Gasteiger partial charge in [-0.25, -0.2) is 0 Å². The van der Waals surface area contributed by atoms with Crippen LogP contribution in [0.5, 0.6) is 0 Å². The summed E-state index contributed by atoms with van der Waals surface area (Å²) in [5, 5.41) is 12.6. The largest absolute Gasteiger partial charge is 0.395 e. The standard InChI is InChI=1S/C10H22N2O/c1-7(2)10(6-13)12-9-4-3-8(11)5-9/h7-10,12-13H,3-6,11H2,1-2H3/t8?,9?,10-/m1/s1. The highest BCUT2D eigenvalue weighted by Crippen LogP contribution is 2.18. The first-order valence-electron chi connectivity index (χ1n) is 5.26. The van der Waals surface area contributed by atoms with E-state index in [9.17, 15) is 0 Å². The van der Waals surface area contributed by atoms with Gasteiger partial charge in [0.25, 0.3) is 0 Å². The summed E-state index contributed by atoms with van der Waals surface area (Å²) in [5.74, 6) is 0.488. The highest BCUT2D eigenvalue weighted by atomic mass is 16.3. The molecule has 0 aromatic rings. The highest BCUT2D eigenvalue weighted by Gasteiger charge is 2.24. The maximum Gasteiger partial charge on any atom is 0.0587 e. The number of rotatable bonds is 4. The lowest BCUT2D eigenvalue weighted by Gasteiger charge is -2.24. The van der Waals surface area contributed by atoms with Crippen LogP contribution in [0, 0.1) is 5.92 Å². The molecule has 4 N–H and O–H groups in total. The SMILES string of the molecule is CC(C)[C@@H](CO)NC1CCC(N)C1. The first-order chi connectivity index (χ1) is 6.13. The minimum Gasteiger partial charge on any atom is -0.395 e. The lowest BCUT2D eigenvalue weighted by molar-refractivity contribution is 0.199. The van der Waals surface area contributed by atoms with Crippen molar-refractivity contribution in [2.75, 3.05) is 6.61 Å². The zero-order valence-electron chi connectivity index (χ0n) is 8.66. The molecule has 1 saturated carbocycles. The van der Waals surface area contributed by atoms with Crippen molar-refractivity contribution in [3.05, 3.63) is 0 Å². The Morgan fingerprint density at radius 1 is 1.46 bits per heavy atom. The molecule has 78 valence electrons. The van der Waals surface area contributed by atoms with E-state index < -0.39 is 0 Å². The fraction of sp³-hybridized carbons (Fsp3) is 1.00. The van der Waals surface area contributed by atoms with Crippen molar-refractivity contribution in [2.24, 2.45) is 11.7 Å². The number of aliphatic hydroxyl groups is 1. The predicted octanol–water partition coefficient (Wildman–Crippen LogP) is 0.473. The molecule has 2 unspecified atom stereocenters. The van der Waals surface area contributed by atoms with Crippen LogP contribution in [-0.2, 0) is 0 Å². The summed E-state index contributed by atoms with van der Waals surface area (Å²) in [7, 11) is 0. The average Bonchev–Trinajstić information content (AvgIpc) is 2.46. The summed E-state index contributed by atoms with van der Waals surface area (Å²) in [6.45, 7) is 4.48. The number of hydrogen-bond acceptors (Lipinski definition) is 3. The van der Waals surface area contributed by atoms with E-state index in [-0.39, 0.29) is 12.6 Å².